The molecule has 0 aromatic rings. The topological polar surface area (TPSA) is 49.4 Å². The lowest BCUT2D eigenvalue weighted by Crippen LogP contribution is -2.28. The Labute approximate surface area is 56.6 Å². The first-order valence-electron chi connectivity index (χ1n) is 2.68. The summed E-state index contributed by atoms with van der Waals surface area (Å²) in [7, 11) is 0. The van der Waals surface area contributed by atoms with Gasteiger partial charge in [0, 0.05) is 12.5 Å². The summed E-state index contributed by atoms with van der Waals surface area (Å²) >= 11 is 0. The largest absolute Gasteiger partial charge is 0.546 e. The number of halogens is 2. The number of alkyl halides is 2. The molecule has 0 heterocycles. The van der Waals surface area contributed by atoms with Gasteiger partial charge in [0.1, 0.15) is 0 Å². The van der Waals surface area contributed by atoms with E-state index in [2.05, 4.69) is 4.74 Å². The van der Waals surface area contributed by atoms with Crippen molar-refractivity contribution in [3.63, 3.8) is 0 Å². The van der Waals surface area contributed by atoms with E-state index in [-0.39, 0.29) is 0 Å². The van der Waals surface area contributed by atoms with Crippen LogP contribution in [0.15, 0.2) is 0 Å². The third-order valence-electron chi connectivity index (χ3n) is 0.808. The summed E-state index contributed by atoms with van der Waals surface area (Å²) < 4.78 is 26.8. The van der Waals surface area contributed by atoms with Crippen LogP contribution in [-0.4, -0.2) is 18.7 Å². The summed E-state index contributed by atoms with van der Waals surface area (Å²) in [5, 5.41) is 9.61. The molecule has 1 unspecified atom stereocenters. The van der Waals surface area contributed by atoms with Crippen LogP contribution in [0, 0.1) is 0 Å². The second-order valence-corrected chi connectivity index (χ2v) is 1.81. The van der Waals surface area contributed by atoms with E-state index in [1.807, 2.05) is 0 Å². The highest BCUT2D eigenvalue weighted by Crippen LogP contribution is 2.05. The standard InChI is InChI=1S/C5H8F2O3/c1-3(2-4(6)7)10-5(8)9/h3-4H,2H2,1H3,(H,8,9)/p-1. The average molecular weight is 153 g/mol. The van der Waals surface area contributed by atoms with Crippen LogP contribution >= 0.6 is 0 Å². The van der Waals surface area contributed by atoms with Crippen molar-refractivity contribution in [2.24, 2.45) is 0 Å². The van der Waals surface area contributed by atoms with E-state index in [9.17, 15) is 18.7 Å². The Bertz CT molecular complexity index is 115. The fraction of sp³-hybridized carbons (Fsp3) is 0.800. The van der Waals surface area contributed by atoms with Gasteiger partial charge in [-0.25, -0.2) is 8.78 Å². The smallest absolute Gasteiger partial charge is 0.252 e. The average Bonchev–Trinajstić information content (AvgIpc) is 1.58. The predicted molar refractivity (Wildman–Crippen MR) is 26.6 cm³/mol. The fourth-order valence-electron chi connectivity index (χ4n) is 0.463. The zero-order valence-electron chi connectivity index (χ0n) is 5.34. The molecule has 0 aliphatic heterocycles. The Kier molecular flexibility index (Phi) is 3.68. The summed E-state index contributed by atoms with van der Waals surface area (Å²) in [5.74, 6) is 0. The lowest BCUT2D eigenvalue weighted by molar-refractivity contribution is -0.287. The summed E-state index contributed by atoms with van der Waals surface area (Å²) in [6, 6.07) is 0. The molecule has 60 valence electrons. The van der Waals surface area contributed by atoms with Crippen LogP contribution in [0.25, 0.3) is 0 Å². The van der Waals surface area contributed by atoms with Crippen molar-refractivity contribution in [2.45, 2.75) is 25.9 Å². The Morgan fingerprint density at radius 2 is 2.20 bits per heavy atom. The summed E-state index contributed by atoms with van der Waals surface area (Å²) in [4.78, 5) is 9.61. The number of carbonyl (C=O) groups excluding carboxylic acids is 1. The van der Waals surface area contributed by atoms with Crippen molar-refractivity contribution in [1.29, 1.82) is 0 Å². The lowest BCUT2D eigenvalue weighted by Gasteiger charge is -2.16. The molecule has 0 saturated heterocycles. The second-order valence-electron chi connectivity index (χ2n) is 1.81. The SMILES string of the molecule is CC(CC(F)F)OC(=O)[O-]. The maximum atomic E-state index is 11.4. The normalized spacial score (nSPS) is 13.2. The molecule has 0 saturated carbocycles. The number of hydrogen-bond acceptors (Lipinski definition) is 3. The van der Waals surface area contributed by atoms with Gasteiger partial charge in [0.05, 0.1) is 0 Å². The van der Waals surface area contributed by atoms with E-state index in [1.165, 1.54) is 6.92 Å². The second kappa shape index (κ2) is 4.03. The first-order valence-corrected chi connectivity index (χ1v) is 2.68. The van der Waals surface area contributed by atoms with Gasteiger partial charge in [-0.05, 0) is 6.92 Å². The van der Waals surface area contributed by atoms with Gasteiger partial charge in [-0.1, -0.05) is 0 Å². The van der Waals surface area contributed by atoms with Crippen molar-refractivity contribution in [2.75, 3.05) is 0 Å². The molecule has 5 heteroatoms. The van der Waals surface area contributed by atoms with E-state index >= 15 is 0 Å². The van der Waals surface area contributed by atoms with Crippen LogP contribution in [-0.2, 0) is 4.74 Å². The third kappa shape index (κ3) is 5.27. The Morgan fingerprint density at radius 1 is 1.70 bits per heavy atom. The molecule has 0 amide bonds. The van der Waals surface area contributed by atoms with Gasteiger partial charge in [0.25, 0.3) is 6.16 Å². The maximum absolute atomic E-state index is 11.4. The molecular formula is C5H7F2O3-. The van der Waals surface area contributed by atoms with Gasteiger partial charge in [-0.3, -0.25) is 0 Å². The molecule has 0 aromatic heterocycles. The molecule has 0 aromatic carbocycles. The van der Waals surface area contributed by atoms with E-state index in [0.717, 1.165) is 0 Å². The zero-order chi connectivity index (χ0) is 8.15. The third-order valence-corrected chi connectivity index (χ3v) is 0.808. The van der Waals surface area contributed by atoms with Crippen molar-refractivity contribution in [3.8, 4) is 0 Å². The summed E-state index contributed by atoms with van der Waals surface area (Å²) in [6.07, 6.45) is -5.90. The minimum absolute atomic E-state index is 0.589. The first-order chi connectivity index (χ1) is 4.52. The quantitative estimate of drug-likeness (QED) is 0.551. The first kappa shape index (κ1) is 9.13. The van der Waals surface area contributed by atoms with Crippen molar-refractivity contribution >= 4 is 6.16 Å². The van der Waals surface area contributed by atoms with E-state index < -0.39 is 25.1 Å². The van der Waals surface area contributed by atoms with Gasteiger partial charge in [0.2, 0.25) is 6.43 Å². The highest BCUT2D eigenvalue weighted by atomic mass is 19.3. The molecule has 0 radical (unpaired) electrons. The van der Waals surface area contributed by atoms with E-state index in [4.69, 9.17) is 0 Å². The molecule has 0 rings (SSSR count). The maximum Gasteiger partial charge on any atom is 0.252 e. The number of ether oxygens (including phenoxy) is 1. The van der Waals surface area contributed by atoms with E-state index in [0.29, 0.717) is 0 Å². The molecular weight excluding hydrogens is 146 g/mol. The van der Waals surface area contributed by atoms with Crippen molar-refractivity contribution < 1.29 is 23.4 Å². The Hall–Kier alpha value is -0.870. The predicted octanol–water partition coefficient (Wildman–Crippen LogP) is 0.390. The van der Waals surface area contributed by atoms with Crippen LogP contribution in [0.3, 0.4) is 0 Å². The summed E-state index contributed by atoms with van der Waals surface area (Å²) in [6.45, 7) is 1.24. The number of hydrogen-bond donors (Lipinski definition) is 0. The number of carboxylic acid groups (broad SMARTS) is 1. The molecule has 0 bridgehead atoms. The van der Waals surface area contributed by atoms with Gasteiger partial charge >= 0.3 is 0 Å². The zero-order valence-corrected chi connectivity index (χ0v) is 5.34. The number of carbonyl (C=O) groups is 1. The molecule has 0 N–H and O–H groups in total. The summed E-state index contributed by atoms with van der Waals surface area (Å²) in [5.41, 5.74) is 0. The molecule has 0 aliphatic rings. The van der Waals surface area contributed by atoms with Crippen LogP contribution in [0.5, 0.6) is 0 Å². The Morgan fingerprint density at radius 3 is 2.50 bits per heavy atom. The molecule has 3 nitrogen and oxygen atoms in total. The van der Waals surface area contributed by atoms with Gasteiger partial charge in [0.15, 0.2) is 0 Å². The number of rotatable bonds is 3. The highest BCUT2D eigenvalue weighted by molar-refractivity contribution is 5.54. The van der Waals surface area contributed by atoms with Gasteiger partial charge in [-0.2, -0.15) is 0 Å². The van der Waals surface area contributed by atoms with Crippen molar-refractivity contribution in [3.05, 3.63) is 0 Å². The van der Waals surface area contributed by atoms with Crippen molar-refractivity contribution in [1.82, 2.24) is 0 Å². The van der Waals surface area contributed by atoms with Crippen LogP contribution in [0.2, 0.25) is 0 Å². The van der Waals surface area contributed by atoms with Crippen LogP contribution < -0.4 is 5.11 Å². The monoisotopic (exact) mass is 153 g/mol. The van der Waals surface area contributed by atoms with Crippen LogP contribution in [0.4, 0.5) is 13.6 Å². The minimum atomic E-state index is -2.55. The fourth-order valence-corrected chi connectivity index (χ4v) is 0.463. The van der Waals surface area contributed by atoms with E-state index in [1.54, 1.807) is 0 Å². The Balaban J connectivity index is 3.43. The molecule has 0 fully saturated rings. The molecule has 1 atom stereocenters. The lowest BCUT2D eigenvalue weighted by atomic mass is 10.3. The molecule has 0 spiro atoms. The van der Waals surface area contributed by atoms with Gasteiger partial charge < -0.3 is 14.6 Å². The highest BCUT2D eigenvalue weighted by Gasteiger charge is 2.08. The molecule has 0 aliphatic carbocycles. The molecule has 10 heavy (non-hydrogen) atoms. The van der Waals surface area contributed by atoms with Crippen LogP contribution in [0.1, 0.15) is 13.3 Å². The minimum Gasteiger partial charge on any atom is -0.546 e. The van der Waals surface area contributed by atoms with Gasteiger partial charge in [-0.15, -0.1) is 0 Å².